The summed E-state index contributed by atoms with van der Waals surface area (Å²) in [5.41, 5.74) is 1.31. The summed E-state index contributed by atoms with van der Waals surface area (Å²) in [7, 11) is 4.08. The fourth-order valence-corrected chi connectivity index (χ4v) is 1.54. The van der Waals surface area contributed by atoms with Crippen LogP contribution in [0.4, 0.5) is 0 Å². The van der Waals surface area contributed by atoms with Gasteiger partial charge < -0.3 is 0 Å². The predicted molar refractivity (Wildman–Crippen MR) is 64.3 cm³/mol. The second-order valence-electron chi connectivity index (χ2n) is 4.56. The van der Waals surface area contributed by atoms with Gasteiger partial charge >= 0.3 is 0 Å². The molecule has 15 heavy (non-hydrogen) atoms. The van der Waals surface area contributed by atoms with Crippen LogP contribution < -0.4 is 0 Å². The van der Waals surface area contributed by atoms with Gasteiger partial charge in [-0.15, -0.1) is 11.6 Å². The molecular formula is C11H20ClN3. The standard InChI is InChI=1S/C11H20ClN3/c1-11(2,9-12)14(3)8-6-10-5-7-13-15(10)4/h5,7H,6,8-9H2,1-4H3. The number of halogens is 1. The number of rotatable bonds is 5. The van der Waals surface area contributed by atoms with Crippen molar-refractivity contribution in [2.24, 2.45) is 7.05 Å². The Morgan fingerprint density at radius 1 is 1.53 bits per heavy atom. The first-order valence-corrected chi connectivity index (χ1v) is 5.75. The summed E-state index contributed by atoms with van der Waals surface area (Å²) in [6, 6.07) is 2.06. The average Bonchev–Trinajstić information content (AvgIpc) is 2.60. The van der Waals surface area contributed by atoms with Gasteiger partial charge in [0.15, 0.2) is 0 Å². The molecule has 0 aliphatic rings. The summed E-state index contributed by atoms with van der Waals surface area (Å²) in [6.07, 6.45) is 2.84. The van der Waals surface area contributed by atoms with Gasteiger partial charge in [0.1, 0.15) is 0 Å². The monoisotopic (exact) mass is 229 g/mol. The van der Waals surface area contributed by atoms with Crippen LogP contribution in [0.2, 0.25) is 0 Å². The molecule has 0 fully saturated rings. The molecule has 0 saturated heterocycles. The van der Waals surface area contributed by atoms with E-state index < -0.39 is 0 Å². The first-order valence-electron chi connectivity index (χ1n) is 5.21. The molecule has 1 aromatic rings. The van der Waals surface area contributed by atoms with Crippen LogP contribution in [-0.4, -0.2) is 39.7 Å². The van der Waals surface area contributed by atoms with Crippen molar-refractivity contribution in [3.05, 3.63) is 18.0 Å². The Morgan fingerprint density at radius 3 is 2.67 bits per heavy atom. The lowest BCUT2D eigenvalue weighted by Crippen LogP contribution is -2.43. The Balaban J connectivity index is 2.48. The summed E-state index contributed by atoms with van der Waals surface area (Å²) >= 11 is 5.92. The van der Waals surface area contributed by atoms with Crippen LogP contribution in [0.3, 0.4) is 0 Å². The van der Waals surface area contributed by atoms with Crippen LogP contribution in [0.15, 0.2) is 12.3 Å². The highest BCUT2D eigenvalue weighted by molar-refractivity contribution is 6.18. The summed E-state index contributed by atoms with van der Waals surface area (Å²) < 4.78 is 1.92. The highest BCUT2D eigenvalue weighted by Gasteiger charge is 2.21. The van der Waals surface area contributed by atoms with Crippen molar-refractivity contribution in [2.45, 2.75) is 25.8 Å². The molecule has 3 nitrogen and oxygen atoms in total. The van der Waals surface area contributed by atoms with Gasteiger partial charge in [-0.1, -0.05) is 0 Å². The molecular weight excluding hydrogens is 210 g/mol. The van der Waals surface area contributed by atoms with Crippen molar-refractivity contribution in [1.29, 1.82) is 0 Å². The SMILES string of the molecule is CN(CCc1ccnn1C)C(C)(C)CCl. The van der Waals surface area contributed by atoms with Crippen molar-refractivity contribution in [1.82, 2.24) is 14.7 Å². The van der Waals surface area contributed by atoms with Crippen LogP contribution in [0, 0.1) is 0 Å². The Kier molecular flexibility index (Phi) is 4.17. The molecule has 0 unspecified atom stereocenters. The van der Waals surface area contributed by atoms with E-state index in [9.17, 15) is 0 Å². The Hall–Kier alpha value is -0.540. The van der Waals surface area contributed by atoms with Crippen LogP contribution in [-0.2, 0) is 13.5 Å². The third-order valence-corrected chi connectivity index (χ3v) is 3.64. The normalized spacial score (nSPS) is 12.4. The summed E-state index contributed by atoms with van der Waals surface area (Å²) in [4.78, 5) is 2.28. The lowest BCUT2D eigenvalue weighted by Gasteiger charge is -2.33. The van der Waals surface area contributed by atoms with Crippen molar-refractivity contribution in [3.8, 4) is 0 Å². The number of nitrogens with zero attached hydrogens (tertiary/aromatic N) is 3. The predicted octanol–water partition coefficient (Wildman–Crippen LogP) is 1.91. The number of hydrogen-bond acceptors (Lipinski definition) is 2. The summed E-state index contributed by atoms with van der Waals surface area (Å²) in [5, 5.41) is 4.15. The molecule has 0 spiro atoms. The molecule has 4 heteroatoms. The van der Waals surface area contributed by atoms with Crippen LogP contribution in [0.5, 0.6) is 0 Å². The van der Waals surface area contributed by atoms with Gasteiger partial charge in [0, 0.05) is 43.3 Å². The van der Waals surface area contributed by atoms with Crippen molar-refractivity contribution >= 4 is 11.6 Å². The van der Waals surface area contributed by atoms with E-state index in [2.05, 4.69) is 37.0 Å². The molecule has 0 aromatic carbocycles. The molecule has 0 aliphatic carbocycles. The molecule has 0 radical (unpaired) electrons. The van der Waals surface area contributed by atoms with E-state index in [1.54, 1.807) is 0 Å². The number of aryl methyl sites for hydroxylation is 1. The van der Waals surface area contributed by atoms with Gasteiger partial charge in [-0.3, -0.25) is 9.58 Å². The number of alkyl halides is 1. The summed E-state index contributed by atoms with van der Waals surface area (Å²) in [6.45, 7) is 5.31. The van der Waals surface area contributed by atoms with Gasteiger partial charge in [-0.2, -0.15) is 5.10 Å². The number of likely N-dealkylation sites (N-methyl/N-ethyl adjacent to an activating group) is 1. The molecule has 1 aromatic heterocycles. The van der Waals surface area contributed by atoms with Gasteiger partial charge in [-0.25, -0.2) is 0 Å². The van der Waals surface area contributed by atoms with Gasteiger partial charge in [-0.05, 0) is 27.0 Å². The largest absolute Gasteiger partial charge is 0.300 e. The molecule has 0 saturated carbocycles. The highest BCUT2D eigenvalue weighted by Crippen LogP contribution is 2.14. The zero-order valence-corrected chi connectivity index (χ0v) is 10.8. The summed E-state index contributed by atoms with van der Waals surface area (Å²) in [5.74, 6) is 0.648. The second-order valence-corrected chi connectivity index (χ2v) is 4.83. The topological polar surface area (TPSA) is 21.1 Å². The lowest BCUT2D eigenvalue weighted by atomic mass is 10.1. The molecule has 1 heterocycles. The van der Waals surface area contributed by atoms with Crippen molar-refractivity contribution < 1.29 is 0 Å². The van der Waals surface area contributed by atoms with E-state index in [-0.39, 0.29) is 5.54 Å². The maximum atomic E-state index is 5.92. The third-order valence-electron chi connectivity index (χ3n) is 2.99. The Labute approximate surface area is 97.0 Å². The number of hydrogen-bond donors (Lipinski definition) is 0. The molecule has 0 N–H and O–H groups in total. The van der Waals surface area contributed by atoms with Crippen LogP contribution >= 0.6 is 11.6 Å². The minimum atomic E-state index is 0.0557. The Bertz CT molecular complexity index is 307. The van der Waals surface area contributed by atoms with Crippen molar-refractivity contribution in [2.75, 3.05) is 19.5 Å². The van der Waals surface area contributed by atoms with Crippen LogP contribution in [0.1, 0.15) is 19.5 Å². The average molecular weight is 230 g/mol. The second kappa shape index (κ2) is 4.99. The van der Waals surface area contributed by atoms with Gasteiger partial charge in [0.05, 0.1) is 0 Å². The van der Waals surface area contributed by atoms with E-state index in [0.29, 0.717) is 5.88 Å². The minimum Gasteiger partial charge on any atom is -0.300 e. The smallest absolute Gasteiger partial charge is 0.0492 e. The first-order chi connectivity index (χ1) is 6.97. The molecule has 0 bridgehead atoms. The van der Waals surface area contributed by atoms with Gasteiger partial charge in [0.2, 0.25) is 0 Å². The zero-order valence-electron chi connectivity index (χ0n) is 10.00. The minimum absolute atomic E-state index is 0.0557. The fourth-order valence-electron chi connectivity index (χ4n) is 1.33. The molecule has 0 aliphatic heterocycles. The Morgan fingerprint density at radius 2 is 2.20 bits per heavy atom. The third kappa shape index (κ3) is 3.21. The van der Waals surface area contributed by atoms with Crippen LogP contribution in [0.25, 0.3) is 0 Å². The van der Waals surface area contributed by atoms with E-state index in [1.165, 1.54) is 5.69 Å². The van der Waals surface area contributed by atoms with E-state index in [4.69, 9.17) is 11.6 Å². The lowest BCUT2D eigenvalue weighted by molar-refractivity contribution is 0.180. The quantitative estimate of drug-likeness (QED) is 0.720. The highest BCUT2D eigenvalue weighted by atomic mass is 35.5. The number of aromatic nitrogens is 2. The zero-order chi connectivity index (χ0) is 11.5. The van der Waals surface area contributed by atoms with E-state index in [0.717, 1.165) is 13.0 Å². The van der Waals surface area contributed by atoms with Crippen molar-refractivity contribution in [3.63, 3.8) is 0 Å². The maximum absolute atomic E-state index is 5.92. The van der Waals surface area contributed by atoms with E-state index in [1.807, 2.05) is 17.9 Å². The molecule has 0 amide bonds. The molecule has 1 rings (SSSR count). The van der Waals surface area contributed by atoms with Gasteiger partial charge in [0.25, 0.3) is 0 Å². The van der Waals surface area contributed by atoms with E-state index >= 15 is 0 Å². The first kappa shape index (κ1) is 12.5. The molecule has 86 valence electrons. The fraction of sp³-hybridized carbons (Fsp3) is 0.727. The maximum Gasteiger partial charge on any atom is 0.0492 e. The molecule has 0 atom stereocenters.